The predicted octanol–water partition coefficient (Wildman–Crippen LogP) is 3.93. The highest BCUT2D eigenvalue weighted by atomic mass is 15.3. The van der Waals surface area contributed by atoms with Crippen molar-refractivity contribution in [2.24, 2.45) is 0 Å². The van der Waals surface area contributed by atoms with Crippen LogP contribution in [0.4, 0.5) is 0 Å². The molecule has 1 N–H and O–H groups in total. The molecule has 2 rings (SSSR count). The molecule has 0 saturated heterocycles. The van der Waals surface area contributed by atoms with Gasteiger partial charge in [0.25, 0.3) is 0 Å². The molecule has 3 heteroatoms. The van der Waals surface area contributed by atoms with E-state index < -0.39 is 0 Å². The van der Waals surface area contributed by atoms with Crippen molar-refractivity contribution in [3.05, 3.63) is 48.3 Å². The molecule has 0 saturated carbocycles. The maximum Gasteiger partial charge on any atom is 0.0690 e. The quantitative estimate of drug-likeness (QED) is 0.788. The molecule has 1 atom stereocenters. The van der Waals surface area contributed by atoms with Crippen molar-refractivity contribution in [1.29, 1.82) is 0 Å². The summed E-state index contributed by atoms with van der Waals surface area (Å²) in [5.74, 6) is 0. The average molecular weight is 271 g/mol. The first-order valence-electron chi connectivity index (χ1n) is 7.66. The SMILES string of the molecule is CCCCC(CC)NCc1ccccc1-n1cccn1. The Balaban J connectivity index is 2.02. The summed E-state index contributed by atoms with van der Waals surface area (Å²) in [6.07, 6.45) is 8.82. The number of unbranched alkanes of at least 4 members (excludes halogenated alkanes) is 1. The third kappa shape index (κ3) is 3.94. The van der Waals surface area contributed by atoms with Gasteiger partial charge in [0.1, 0.15) is 0 Å². The number of nitrogens with zero attached hydrogens (tertiary/aromatic N) is 2. The molecule has 1 aromatic carbocycles. The zero-order valence-corrected chi connectivity index (χ0v) is 12.5. The molecule has 0 fully saturated rings. The first-order valence-corrected chi connectivity index (χ1v) is 7.66. The molecule has 0 amide bonds. The summed E-state index contributed by atoms with van der Waals surface area (Å²) >= 11 is 0. The van der Waals surface area contributed by atoms with Crippen LogP contribution < -0.4 is 5.32 Å². The summed E-state index contributed by atoms with van der Waals surface area (Å²) in [6, 6.07) is 11.0. The zero-order chi connectivity index (χ0) is 14.2. The fraction of sp³-hybridized carbons (Fsp3) is 0.471. The first-order chi connectivity index (χ1) is 9.85. The van der Waals surface area contributed by atoms with E-state index in [0.717, 1.165) is 12.2 Å². The molecule has 108 valence electrons. The lowest BCUT2D eigenvalue weighted by Gasteiger charge is -2.18. The number of hydrogen-bond donors (Lipinski definition) is 1. The Labute approximate surface area is 122 Å². The smallest absolute Gasteiger partial charge is 0.0690 e. The van der Waals surface area contributed by atoms with Gasteiger partial charge in [0.05, 0.1) is 5.69 Å². The van der Waals surface area contributed by atoms with Crippen LogP contribution in [0.25, 0.3) is 5.69 Å². The Morgan fingerprint density at radius 1 is 1.20 bits per heavy atom. The second-order valence-electron chi connectivity index (χ2n) is 5.21. The highest BCUT2D eigenvalue weighted by Gasteiger charge is 2.08. The Morgan fingerprint density at radius 3 is 2.75 bits per heavy atom. The van der Waals surface area contributed by atoms with Gasteiger partial charge in [0.15, 0.2) is 0 Å². The van der Waals surface area contributed by atoms with Crippen LogP contribution in [0.15, 0.2) is 42.7 Å². The topological polar surface area (TPSA) is 29.9 Å². The largest absolute Gasteiger partial charge is 0.310 e. The van der Waals surface area contributed by atoms with Crippen molar-refractivity contribution in [3.8, 4) is 5.69 Å². The average Bonchev–Trinajstić information content (AvgIpc) is 3.02. The van der Waals surface area contributed by atoms with Gasteiger partial charge in [0, 0.05) is 25.0 Å². The normalized spacial score (nSPS) is 12.5. The lowest BCUT2D eigenvalue weighted by atomic mass is 10.1. The maximum atomic E-state index is 4.33. The summed E-state index contributed by atoms with van der Waals surface area (Å²) < 4.78 is 1.93. The Bertz CT molecular complexity index is 491. The van der Waals surface area contributed by atoms with Gasteiger partial charge in [0.2, 0.25) is 0 Å². The van der Waals surface area contributed by atoms with Gasteiger partial charge in [-0.1, -0.05) is 44.9 Å². The molecule has 2 aromatic rings. The fourth-order valence-electron chi connectivity index (χ4n) is 2.45. The van der Waals surface area contributed by atoms with E-state index in [2.05, 4.69) is 48.5 Å². The number of para-hydroxylation sites is 1. The molecule has 1 unspecified atom stereocenters. The van der Waals surface area contributed by atoms with Gasteiger partial charge >= 0.3 is 0 Å². The lowest BCUT2D eigenvalue weighted by molar-refractivity contribution is 0.451. The standard InChI is InChI=1S/C17H25N3/c1-3-5-10-16(4-2)18-14-15-9-6-7-11-17(15)20-13-8-12-19-20/h6-9,11-13,16,18H,3-5,10,14H2,1-2H3. The van der Waals surface area contributed by atoms with Crippen LogP contribution in [0, 0.1) is 0 Å². The highest BCUT2D eigenvalue weighted by Crippen LogP contribution is 2.14. The molecular weight excluding hydrogens is 246 g/mol. The highest BCUT2D eigenvalue weighted by molar-refractivity contribution is 5.40. The zero-order valence-electron chi connectivity index (χ0n) is 12.5. The van der Waals surface area contributed by atoms with Crippen LogP contribution in [0.5, 0.6) is 0 Å². The number of hydrogen-bond acceptors (Lipinski definition) is 2. The maximum absolute atomic E-state index is 4.33. The van der Waals surface area contributed by atoms with E-state index >= 15 is 0 Å². The number of nitrogens with one attached hydrogen (secondary N) is 1. The van der Waals surface area contributed by atoms with Gasteiger partial charge in [-0.05, 0) is 30.5 Å². The minimum absolute atomic E-state index is 0.612. The fourth-order valence-corrected chi connectivity index (χ4v) is 2.45. The summed E-state index contributed by atoms with van der Waals surface area (Å²) in [6.45, 7) is 5.41. The molecule has 0 radical (unpaired) electrons. The Hall–Kier alpha value is -1.61. The summed E-state index contributed by atoms with van der Waals surface area (Å²) in [5, 5.41) is 8.01. The van der Waals surface area contributed by atoms with Crippen LogP contribution in [-0.4, -0.2) is 15.8 Å². The molecule has 0 aliphatic rings. The molecule has 20 heavy (non-hydrogen) atoms. The molecule has 0 aliphatic heterocycles. The van der Waals surface area contributed by atoms with Crippen LogP contribution >= 0.6 is 0 Å². The van der Waals surface area contributed by atoms with E-state index in [9.17, 15) is 0 Å². The van der Waals surface area contributed by atoms with Gasteiger partial charge < -0.3 is 5.32 Å². The molecular formula is C17H25N3. The van der Waals surface area contributed by atoms with E-state index in [4.69, 9.17) is 0 Å². The number of benzene rings is 1. The van der Waals surface area contributed by atoms with E-state index in [1.165, 1.54) is 31.2 Å². The van der Waals surface area contributed by atoms with Crippen LogP contribution in [0.3, 0.4) is 0 Å². The summed E-state index contributed by atoms with van der Waals surface area (Å²) in [4.78, 5) is 0. The predicted molar refractivity (Wildman–Crippen MR) is 84.0 cm³/mol. The van der Waals surface area contributed by atoms with E-state index in [1.54, 1.807) is 0 Å². The van der Waals surface area contributed by atoms with Gasteiger partial charge in [-0.3, -0.25) is 0 Å². The van der Waals surface area contributed by atoms with E-state index in [0.29, 0.717) is 6.04 Å². The van der Waals surface area contributed by atoms with Crippen LogP contribution in [-0.2, 0) is 6.54 Å². The van der Waals surface area contributed by atoms with Crippen molar-refractivity contribution >= 4 is 0 Å². The van der Waals surface area contributed by atoms with Gasteiger partial charge in [-0.2, -0.15) is 5.10 Å². The second-order valence-corrected chi connectivity index (χ2v) is 5.21. The molecule has 1 heterocycles. The third-order valence-corrected chi connectivity index (χ3v) is 3.72. The number of aromatic nitrogens is 2. The molecule has 1 aromatic heterocycles. The van der Waals surface area contributed by atoms with Crippen molar-refractivity contribution in [3.63, 3.8) is 0 Å². The van der Waals surface area contributed by atoms with E-state index in [1.807, 2.05) is 23.1 Å². The monoisotopic (exact) mass is 271 g/mol. The van der Waals surface area contributed by atoms with Crippen molar-refractivity contribution < 1.29 is 0 Å². The van der Waals surface area contributed by atoms with Crippen molar-refractivity contribution in [2.45, 2.75) is 52.1 Å². The first kappa shape index (κ1) is 14.8. The summed E-state index contributed by atoms with van der Waals surface area (Å²) in [5.41, 5.74) is 2.46. The summed E-state index contributed by atoms with van der Waals surface area (Å²) in [7, 11) is 0. The molecule has 3 nitrogen and oxygen atoms in total. The van der Waals surface area contributed by atoms with Crippen molar-refractivity contribution in [2.75, 3.05) is 0 Å². The van der Waals surface area contributed by atoms with Gasteiger partial charge in [-0.25, -0.2) is 4.68 Å². The minimum Gasteiger partial charge on any atom is -0.310 e. The third-order valence-electron chi connectivity index (χ3n) is 3.72. The molecule has 0 aliphatic carbocycles. The van der Waals surface area contributed by atoms with E-state index in [-0.39, 0.29) is 0 Å². The van der Waals surface area contributed by atoms with Gasteiger partial charge in [-0.15, -0.1) is 0 Å². The minimum atomic E-state index is 0.612. The van der Waals surface area contributed by atoms with Crippen molar-refractivity contribution in [1.82, 2.24) is 15.1 Å². The Kier molecular flexibility index (Phi) is 5.81. The molecule has 0 bridgehead atoms. The Morgan fingerprint density at radius 2 is 2.05 bits per heavy atom. The van der Waals surface area contributed by atoms with Crippen LogP contribution in [0.2, 0.25) is 0 Å². The second kappa shape index (κ2) is 7.85. The van der Waals surface area contributed by atoms with Crippen LogP contribution in [0.1, 0.15) is 45.1 Å². The molecule has 0 spiro atoms. The lowest BCUT2D eigenvalue weighted by Crippen LogP contribution is -2.28. The number of rotatable bonds is 8.